The number of nitrogens with zero attached hydrogens (tertiary/aromatic N) is 4. The average molecular weight is 290 g/mol. The predicted octanol–water partition coefficient (Wildman–Crippen LogP) is 0.968. The molecule has 6 nitrogen and oxygen atoms in total. The van der Waals surface area contributed by atoms with Crippen LogP contribution >= 0.6 is 0 Å². The van der Waals surface area contributed by atoms with Crippen LogP contribution in [0, 0.1) is 0 Å². The van der Waals surface area contributed by atoms with Crippen LogP contribution in [-0.4, -0.2) is 65.0 Å². The second-order valence-corrected chi connectivity index (χ2v) is 5.77. The summed E-state index contributed by atoms with van der Waals surface area (Å²) in [5.41, 5.74) is 1.45. The Balaban J connectivity index is 1.70. The van der Waals surface area contributed by atoms with Gasteiger partial charge in [0, 0.05) is 38.8 Å². The molecule has 2 aliphatic heterocycles. The Labute approximate surface area is 125 Å². The van der Waals surface area contributed by atoms with Crippen LogP contribution in [0.15, 0.2) is 6.20 Å². The number of hydrogen-bond acceptors (Lipinski definition) is 5. The van der Waals surface area contributed by atoms with Crippen molar-refractivity contribution in [3.8, 4) is 6.01 Å². The zero-order valence-electron chi connectivity index (χ0n) is 12.7. The van der Waals surface area contributed by atoms with Crippen LogP contribution in [0.25, 0.3) is 0 Å². The van der Waals surface area contributed by atoms with Crippen LogP contribution < -0.4 is 4.74 Å². The number of ether oxygens (including phenoxy) is 1. The number of fused-ring (bicyclic) bond motifs is 1. The van der Waals surface area contributed by atoms with Gasteiger partial charge in [0.05, 0.1) is 11.3 Å². The van der Waals surface area contributed by atoms with E-state index in [9.17, 15) is 4.79 Å². The maximum atomic E-state index is 12.2. The Kier molecular flexibility index (Phi) is 4.05. The molecular formula is C15H22N4O2. The van der Waals surface area contributed by atoms with Gasteiger partial charge in [0.25, 0.3) is 5.91 Å². The van der Waals surface area contributed by atoms with Crippen molar-refractivity contribution >= 4 is 5.91 Å². The highest BCUT2D eigenvalue weighted by molar-refractivity contribution is 5.95. The summed E-state index contributed by atoms with van der Waals surface area (Å²) in [5.74, 6) is 0.0320. The van der Waals surface area contributed by atoms with E-state index in [0.717, 1.165) is 51.1 Å². The van der Waals surface area contributed by atoms with E-state index in [4.69, 9.17) is 4.74 Å². The van der Waals surface area contributed by atoms with Crippen LogP contribution in [0.1, 0.15) is 35.8 Å². The molecule has 1 aromatic heterocycles. The van der Waals surface area contributed by atoms with Crippen molar-refractivity contribution in [2.75, 3.05) is 33.2 Å². The Morgan fingerprint density at radius 3 is 2.81 bits per heavy atom. The Bertz CT molecular complexity index is 526. The summed E-state index contributed by atoms with van der Waals surface area (Å²) < 4.78 is 5.88. The second kappa shape index (κ2) is 5.97. The summed E-state index contributed by atoms with van der Waals surface area (Å²) in [4.78, 5) is 25.0. The van der Waals surface area contributed by atoms with Gasteiger partial charge in [-0.1, -0.05) is 0 Å². The monoisotopic (exact) mass is 290 g/mol. The van der Waals surface area contributed by atoms with Crippen LogP contribution in [0.5, 0.6) is 6.01 Å². The number of carbonyl (C=O) groups is 1. The van der Waals surface area contributed by atoms with E-state index in [-0.39, 0.29) is 12.0 Å². The first kappa shape index (κ1) is 14.3. The minimum atomic E-state index is 0.0320. The molecule has 1 amide bonds. The van der Waals surface area contributed by atoms with Gasteiger partial charge in [-0.05, 0) is 26.8 Å². The number of hydrogen-bond donors (Lipinski definition) is 0. The van der Waals surface area contributed by atoms with Crippen molar-refractivity contribution in [1.29, 1.82) is 0 Å². The number of amides is 1. The van der Waals surface area contributed by atoms with Crippen LogP contribution in [-0.2, 0) is 6.42 Å². The van der Waals surface area contributed by atoms with Crippen LogP contribution in [0.2, 0.25) is 0 Å². The number of aromatic nitrogens is 2. The SMILES string of the molecule is CCN1CCc2nc(OC3CCN(C)CC3)ncc2C1=O. The quantitative estimate of drug-likeness (QED) is 0.830. The molecule has 0 spiro atoms. The normalized spacial score (nSPS) is 20.5. The molecule has 21 heavy (non-hydrogen) atoms. The zero-order chi connectivity index (χ0) is 14.8. The fourth-order valence-electron chi connectivity index (χ4n) is 2.89. The number of likely N-dealkylation sites (N-methyl/N-ethyl adjacent to an activating group) is 1. The molecule has 6 heteroatoms. The summed E-state index contributed by atoms with van der Waals surface area (Å²) >= 11 is 0. The Morgan fingerprint density at radius 1 is 1.33 bits per heavy atom. The van der Waals surface area contributed by atoms with Gasteiger partial charge in [-0.15, -0.1) is 0 Å². The molecule has 0 bridgehead atoms. The fraction of sp³-hybridized carbons (Fsp3) is 0.667. The van der Waals surface area contributed by atoms with E-state index < -0.39 is 0 Å². The lowest BCUT2D eigenvalue weighted by Gasteiger charge is -2.29. The highest BCUT2D eigenvalue weighted by atomic mass is 16.5. The summed E-state index contributed by atoms with van der Waals surface area (Å²) in [6.07, 6.45) is 4.59. The van der Waals surface area contributed by atoms with Crippen LogP contribution in [0.3, 0.4) is 0 Å². The first-order valence-electron chi connectivity index (χ1n) is 7.67. The van der Waals surface area contributed by atoms with E-state index >= 15 is 0 Å². The highest BCUT2D eigenvalue weighted by Gasteiger charge is 2.26. The van der Waals surface area contributed by atoms with E-state index in [1.807, 2.05) is 11.8 Å². The van der Waals surface area contributed by atoms with E-state index in [2.05, 4.69) is 21.9 Å². The van der Waals surface area contributed by atoms with Crippen molar-refractivity contribution in [2.45, 2.75) is 32.3 Å². The van der Waals surface area contributed by atoms with Gasteiger partial charge in [0.2, 0.25) is 0 Å². The summed E-state index contributed by atoms with van der Waals surface area (Å²) in [6.45, 7) is 5.53. The lowest BCUT2D eigenvalue weighted by Crippen LogP contribution is -2.38. The predicted molar refractivity (Wildman–Crippen MR) is 78.5 cm³/mol. The third-order valence-corrected chi connectivity index (χ3v) is 4.30. The molecule has 0 N–H and O–H groups in total. The molecule has 2 aliphatic rings. The maximum absolute atomic E-state index is 12.2. The molecular weight excluding hydrogens is 268 g/mol. The zero-order valence-corrected chi connectivity index (χ0v) is 12.7. The molecule has 3 rings (SSSR count). The fourth-order valence-corrected chi connectivity index (χ4v) is 2.89. The van der Waals surface area contributed by atoms with Gasteiger partial charge in [0.15, 0.2) is 0 Å². The van der Waals surface area contributed by atoms with Gasteiger partial charge in [-0.25, -0.2) is 4.98 Å². The Morgan fingerprint density at radius 2 is 2.10 bits per heavy atom. The van der Waals surface area contributed by atoms with Gasteiger partial charge < -0.3 is 14.5 Å². The lowest BCUT2D eigenvalue weighted by molar-refractivity contribution is 0.0743. The molecule has 0 aromatic carbocycles. The molecule has 0 unspecified atom stereocenters. The largest absolute Gasteiger partial charge is 0.460 e. The van der Waals surface area contributed by atoms with Gasteiger partial charge in [-0.3, -0.25) is 4.79 Å². The van der Waals surface area contributed by atoms with Crippen molar-refractivity contribution in [3.63, 3.8) is 0 Å². The third-order valence-electron chi connectivity index (χ3n) is 4.30. The lowest BCUT2D eigenvalue weighted by atomic mass is 10.1. The summed E-state index contributed by atoms with van der Waals surface area (Å²) in [7, 11) is 2.12. The molecule has 114 valence electrons. The molecule has 1 aromatic rings. The van der Waals surface area contributed by atoms with Crippen molar-refractivity contribution in [3.05, 3.63) is 17.5 Å². The summed E-state index contributed by atoms with van der Waals surface area (Å²) in [5, 5.41) is 0. The molecule has 1 saturated heterocycles. The Hall–Kier alpha value is -1.69. The smallest absolute Gasteiger partial charge is 0.316 e. The van der Waals surface area contributed by atoms with E-state index in [1.54, 1.807) is 6.20 Å². The van der Waals surface area contributed by atoms with Gasteiger partial charge >= 0.3 is 6.01 Å². The average Bonchev–Trinajstić information content (AvgIpc) is 2.50. The molecule has 3 heterocycles. The molecule has 0 aliphatic carbocycles. The first-order valence-corrected chi connectivity index (χ1v) is 7.67. The molecule has 0 atom stereocenters. The molecule has 0 radical (unpaired) electrons. The second-order valence-electron chi connectivity index (χ2n) is 5.77. The standard InChI is InChI=1S/C15H22N4O2/c1-3-19-9-6-13-12(14(19)20)10-16-15(17-13)21-11-4-7-18(2)8-5-11/h10-11H,3-9H2,1-2H3. The number of rotatable bonds is 3. The van der Waals surface area contributed by atoms with Crippen molar-refractivity contribution in [1.82, 2.24) is 19.8 Å². The van der Waals surface area contributed by atoms with Gasteiger partial charge in [0.1, 0.15) is 6.10 Å². The third kappa shape index (κ3) is 3.00. The topological polar surface area (TPSA) is 58.6 Å². The van der Waals surface area contributed by atoms with E-state index in [1.165, 1.54) is 0 Å². The molecule has 0 saturated carbocycles. The van der Waals surface area contributed by atoms with E-state index in [0.29, 0.717) is 11.6 Å². The number of carbonyl (C=O) groups excluding carboxylic acids is 1. The summed E-state index contributed by atoms with van der Waals surface area (Å²) in [6, 6.07) is 0.418. The molecule has 1 fully saturated rings. The van der Waals surface area contributed by atoms with Crippen LogP contribution in [0.4, 0.5) is 0 Å². The van der Waals surface area contributed by atoms with Crippen molar-refractivity contribution < 1.29 is 9.53 Å². The highest BCUT2D eigenvalue weighted by Crippen LogP contribution is 2.20. The van der Waals surface area contributed by atoms with Gasteiger partial charge in [-0.2, -0.15) is 4.98 Å². The first-order chi connectivity index (χ1) is 10.2. The minimum absolute atomic E-state index is 0.0320. The van der Waals surface area contributed by atoms with Crippen molar-refractivity contribution in [2.24, 2.45) is 0 Å². The number of likely N-dealkylation sites (tertiary alicyclic amines) is 1. The maximum Gasteiger partial charge on any atom is 0.316 e. The minimum Gasteiger partial charge on any atom is -0.460 e. The number of piperidine rings is 1.